The number of rotatable bonds is 6. The van der Waals surface area contributed by atoms with E-state index in [1.807, 2.05) is 17.1 Å². The molecule has 2 aromatic heterocycles. The number of nitrogens with zero attached hydrogens (tertiary/aromatic N) is 4. The summed E-state index contributed by atoms with van der Waals surface area (Å²) in [6.07, 6.45) is 7.84. The maximum absolute atomic E-state index is 5.49. The van der Waals surface area contributed by atoms with Gasteiger partial charge in [-0.2, -0.15) is 10.1 Å². The van der Waals surface area contributed by atoms with E-state index in [-0.39, 0.29) is 0 Å². The average molecular weight is 441 g/mol. The van der Waals surface area contributed by atoms with Crippen LogP contribution in [0.4, 0.5) is 11.6 Å². The molecule has 0 unspecified atom stereocenters. The van der Waals surface area contributed by atoms with Crippen LogP contribution in [-0.2, 0) is 24.1 Å². The van der Waals surface area contributed by atoms with Crippen molar-refractivity contribution in [1.82, 2.24) is 25.1 Å². The van der Waals surface area contributed by atoms with Gasteiger partial charge in [0.05, 0.1) is 17.6 Å². The molecule has 2 aliphatic rings. The van der Waals surface area contributed by atoms with Crippen LogP contribution in [0.2, 0.25) is 0 Å². The predicted molar refractivity (Wildman–Crippen MR) is 129 cm³/mol. The molecule has 4 aromatic rings. The number of nitrogens with one attached hydrogen (secondary N) is 2. The van der Waals surface area contributed by atoms with Gasteiger partial charge in [-0.1, -0.05) is 36.4 Å². The highest BCUT2D eigenvalue weighted by atomic mass is 16.5. The zero-order valence-electron chi connectivity index (χ0n) is 18.6. The Hall–Kier alpha value is -3.29. The zero-order valence-corrected chi connectivity index (χ0v) is 18.6. The molecule has 0 bridgehead atoms. The Morgan fingerprint density at radius 1 is 0.939 bits per heavy atom. The number of aromatic nitrogens is 4. The normalized spacial score (nSPS) is 16.8. The minimum Gasteiger partial charge on any atom is -0.381 e. The zero-order chi connectivity index (χ0) is 22.0. The van der Waals surface area contributed by atoms with Crippen molar-refractivity contribution in [2.75, 3.05) is 18.5 Å². The molecule has 0 saturated carbocycles. The summed E-state index contributed by atoms with van der Waals surface area (Å²) in [5.41, 5.74) is 6.07. The highest BCUT2D eigenvalue weighted by Gasteiger charge is 2.21. The van der Waals surface area contributed by atoms with Crippen molar-refractivity contribution in [3.8, 4) is 0 Å². The monoisotopic (exact) mass is 440 g/mol. The largest absolute Gasteiger partial charge is 0.381 e. The van der Waals surface area contributed by atoms with E-state index in [1.54, 1.807) is 0 Å². The fourth-order valence-electron chi connectivity index (χ4n) is 4.89. The van der Waals surface area contributed by atoms with Gasteiger partial charge in [0.15, 0.2) is 5.65 Å². The van der Waals surface area contributed by atoms with Crippen LogP contribution in [-0.4, -0.2) is 39.0 Å². The van der Waals surface area contributed by atoms with Crippen LogP contribution in [0.1, 0.15) is 35.6 Å². The molecular weight excluding hydrogens is 412 g/mol. The maximum Gasteiger partial charge on any atom is 0.229 e. The summed E-state index contributed by atoms with van der Waals surface area (Å²) in [6, 6.07) is 18.1. The van der Waals surface area contributed by atoms with Crippen molar-refractivity contribution in [1.29, 1.82) is 0 Å². The molecule has 0 radical (unpaired) electrons. The highest BCUT2D eigenvalue weighted by Crippen LogP contribution is 2.25. The Kier molecular flexibility index (Phi) is 5.49. The van der Waals surface area contributed by atoms with E-state index in [0.717, 1.165) is 62.2 Å². The van der Waals surface area contributed by atoms with E-state index >= 15 is 0 Å². The molecule has 6 rings (SSSR count). The van der Waals surface area contributed by atoms with Crippen LogP contribution in [0.3, 0.4) is 0 Å². The number of anilines is 2. The predicted octanol–water partition coefficient (Wildman–Crippen LogP) is 4.18. The minimum atomic E-state index is 0.332. The van der Waals surface area contributed by atoms with Gasteiger partial charge < -0.3 is 15.4 Å². The standard InChI is InChI=1S/C26H28N6O/c1-2-4-20-14-23(13-19(20)3-1)27-15-18-5-7-22(8-6-18)30-26-28-16-21-17-29-32(25(21)31-26)24-9-11-33-12-10-24/h1-8,16-17,23-24,27H,9-15H2,(H,28,30,31). The quantitative estimate of drug-likeness (QED) is 0.468. The fraction of sp³-hybridized carbons (Fsp3) is 0.346. The summed E-state index contributed by atoms with van der Waals surface area (Å²) < 4.78 is 7.52. The van der Waals surface area contributed by atoms with E-state index in [4.69, 9.17) is 9.72 Å². The molecule has 0 amide bonds. The second kappa shape index (κ2) is 8.92. The fourth-order valence-corrected chi connectivity index (χ4v) is 4.89. The van der Waals surface area contributed by atoms with E-state index < -0.39 is 0 Å². The number of ether oxygens (including phenoxy) is 1. The number of fused-ring (bicyclic) bond motifs is 2. The summed E-state index contributed by atoms with van der Waals surface area (Å²) in [5, 5.41) is 12.6. The Morgan fingerprint density at radius 2 is 1.70 bits per heavy atom. The highest BCUT2D eigenvalue weighted by molar-refractivity contribution is 5.75. The van der Waals surface area contributed by atoms with Crippen molar-refractivity contribution < 1.29 is 4.74 Å². The summed E-state index contributed by atoms with van der Waals surface area (Å²) in [6.45, 7) is 2.42. The average Bonchev–Trinajstić information content (AvgIpc) is 3.48. The first-order chi connectivity index (χ1) is 16.3. The van der Waals surface area contributed by atoms with Crippen LogP contribution in [0.25, 0.3) is 11.0 Å². The van der Waals surface area contributed by atoms with Crippen LogP contribution in [0.15, 0.2) is 60.9 Å². The molecule has 168 valence electrons. The smallest absolute Gasteiger partial charge is 0.229 e. The van der Waals surface area contributed by atoms with E-state index in [0.29, 0.717) is 18.0 Å². The van der Waals surface area contributed by atoms with Crippen molar-refractivity contribution in [2.45, 2.75) is 44.3 Å². The molecule has 0 spiro atoms. The third-order valence-corrected chi connectivity index (χ3v) is 6.73. The first-order valence-electron chi connectivity index (χ1n) is 11.8. The number of hydrogen-bond acceptors (Lipinski definition) is 6. The third-order valence-electron chi connectivity index (χ3n) is 6.73. The topological polar surface area (TPSA) is 76.9 Å². The molecule has 33 heavy (non-hydrogen) atoms. The lowest BCUT2D eigenvalue weighted by Gasteiger charge is -2.22. The minimum absolute atomic E-state index is 0.332. The second-order valence-electron chi connectivity index (χ2n) is 8.98. The van der Waals surface area contributed by atoms with Gasteiger partial charge in [-0.25, -0.2) is 9.67 Å². The van der Waals surface area contributed by atoms with Gasteiger partial charge in [-0.05, 0) is 54.5 Å². The van der Waals surface area contributed by atoms with Crippen molar-refractivity contribution in [3.63, 3.8) is 0 Å². The lowest BCUT2D eigenvalue weighted by molar-refractivity contribution is 0.0673. The van der Waals surface area contributed by atoms with Gasteiger partial charge in [0, 0.05) is 37.7 Å². The molecule has 0 atom stereocenters. The second-order valence-corrected chi connectivity index (χ2v) is 8.98. The molecular formula is C26H28N6O. The number of hydrogen-bond donors (Lipinski definition) is 2. The lowest BCUT2D eigenvalue weighted by atomic mass is 10.1. The van der Waals surface area contributed by atoms with Gasteiger partial charge in [0.25, 0.3) is 0 Å². The first kappa shape index (κ1) is 20.3. The molecule has 7 nitrogen and oxygen atoms in total. The van der Waals surface area contributed by atoms with Gasteiger partial charge in [-0.3, -0.25) is 0 Å². The summed E-state index contributed by atoms with van der Waals surface area (Å²) >= 11 is 0. The van der Waals surface area contributed by atoms with Crippen LogP contribution in [0.5, 0.6) is 0 Å². The van der Waals surface area contributed by atoms with Gasteiger partial charge in [-0.15, -0.1) is 0 Å². The van der Waals surface area contributed by atoms with Gasteiger partial charge >= 0.3 is 0 Å². The summed E-state index contributed by atoms with van der Waals surface area (Å²) in [5.74, 6) is 0.589. The van der Waals surface area contributed by atoms with Gasteiger partial charge in [0.1, 0.15) is 0 Å². The molecule has 1 fully saturated rings. The summed E-state index contributed by atoms with van der Waals surface area (Å²) in [4.78, 5) is 9.24. The van der Waals surface area contributed by atoms with Gasteiger partial charge in [0.2, 0.25) is 5.95 Å². The summed E-state index contributed by atoms with van der Waals surface area (Å²) in [7, 11) is 0. The van der Waals surface area contributed by atoms with Crippen molar-refractivity contribution in [2.24, 2.45) is 0 Å². The molecule has 3 heterocycles. The molecule has 1 aliphatic carbocycles. The van der Waals surface area contributed by atoms with E-state index in [9.17, 15) is 0 Å². The molecule has 2 aromatic carbocycles. The maximum atomic E-state index is 5.49. The SMILES string of the molecule is c1ccc2c(c1)CC(NCc1ccc(Nc3ncc4cnn(C5CCOCC5)c4n3)cc1)C2. The van der Waals surface area contributed by atoms with Crippen LogP contribution in [0, 0.1) is 0 Å². The Morgan fingerprint density at radius 3 is 2.45 bits per heavy atom. The molecule has 1 saturated heterocycles. The van der Waals surface area contributed by atoms with E-state index in [1.165, 1.54) is 16.7 Å². The van der Waals surface area contributed by atoms with Crippen molar-refractivity contribution >= 4 is 22.7 Å². The first-order valence-corrected chi connectivity index (χ1v) is 11.8. The Balaban J connectivity index is 1.09. The van der Waals surface area contributed by atoms with Crippen LogP contribution < -0.4 is 10.6 Å². The third kappa shape index (κ3) is 4.34. The molecule has 7 heteroatoms. The molecule has 1 aliphatic heterocycles. The molecule has 2 N–H and O–H groups in total. The lowest BCUT2D eigenvalue weighted by Crippen LogP contribution is -2.28. The Labute approximate surface area is 193 Å². The Bertz CT molecular complexity index is 1220. The van der Waals surface area contributed by atoms with Crippen molar-refractivity contribution in [3.05, 3.63) is 77.6 Å². The van der Waals surface area contributed by atoms with E-state index in [2.05, 4.69) is 69.2 Å². The number of benzene rings is 2. The van der Waals surface area contributed by atoms with Crippen LogP contribution >= 0.6 is 0 Å².